The predicted octanol–water partition coefficient (Wildman–Crippen LogP) is 3.64. The van der Waals surface area contributed by atoms with E-state index < -0.39 is 0 Å². The molecule has 0 radical (unpaired) electrons. The summed E-state index contributed by atoms with van der Waals surface area (Å²) in [5.74, 6) is 2.70. The van der Waals surface area contributed by atoms with Gasteiger partial charge in [-0.3, -0.25) is 0 Å². The predicted molar refractivity (Wildman–Crippen MR) is 97.3 cm³/mol. The molecule has 3 heterocycles. The summed E-state index contributed by atoms with van der Waals surface area (Å²) < 4.78 is 33.1. The second kappa shape index (κ2) is 5.45. The van der Waals surface area contributed by atoms with Gasteiger partial charge in [0.2, 0.25) is 19.3 Å². The van der Waals surface area contributed by atoms with Crippen molar-refractivity contribution in [3.63, 3.8) is 0 Å². The van der Waals surface area contributed by atoms with Crippen molar-refractivity contribution >= 4 is 16.7 Å². The summed E-state index contributed by atoms with van der Waals surface area (Å²) in [6, 6.07) is 9.45. The Morgan fingerprint density at radius 1 is 0.857 bits per heavy atom. The Balaban J connectivity index is 1.73. The Hall–Kier alpha value is -3.61. The first-order chi connectivity index (χ1) is 13.7. The Morgan fingerprint density at radius 3 is 2.57 bits per heavy atom. The molecule has 0 spiro atoms. The molecule has 0 bridgehead atoms. The van der Waals surface area contributed by atoms with Crippen molar-refractivity contribution in [1.82, 2.24) is 0 Å². The molecular weight excluding hydrogens is 364 g/mol. The largest absolute Gasteiger partial charge is 0.492 e. The molecule has 0 atom stereocenters. The molecular formula is C21H14O7. The minimum absolute atomic E-state index is 0.128. The van der Waals surface area contributed by atoms with Crippen LogP contribution in [0.4, 0.5) is 0 Å². The number of carbonyl (C=O) groups excluding carboxylic acids is 1. The maximum atomic E-state index is 12.3. The lowest BCUT2D eigenvalue weighted by Gasteiger charge is -2.15. The van der Waals surface area contributed by atoms with Crippen LogP contribution in [0.25, 0.3) is 21.9 Å². The lowest BCUT2D eigenvalue weighted by molar-refractivity contribution is 0.0535. The molecule has 7 nitrogen and oxygen atoms in total. The van der Waals surface area contributed by atoms with Gasteiger partial charge in [-0.25, -0.2) is 4.79 Å². The van der Waals surface area contributed by atoms with Gasteiger partial charge in [0.25, 0.3) is 0 Å². The van der Waals surface area contributed by atoms with E-state index in [4.69, 9.17) is 28.4 Å². The zero-order chi connectivity index (χ0) is 18.8. The monoisotopic (exact) mass is 378 g/mol. The fourth-order valence-electron chi connectivity index (χ4n) is 4.04. The minimum Gasteiger partial charge on any atom is -0.492 e. The van der Waals surface area contributed by atoms with Crippen molar-refractivity contribution in [1.29, 1.82) is 0 Å². The van der Waals surface area contributed by atoms with Crippen LogP contribution in [0.1, 0.15) is 15.9 Å². The van der Waals surface area contributed by atoms with Gasteiger partial charge < -0.3 is 28.4 Å². The Bertz CT molecular complexity index is 1180. The molecule has 0 N–H and O–H groups in total. The summed E-state index contributed by atoms with van der Waals surface area (Å²) >= 11 is 0. The minimum atomic E-state index is -0.349. The van der Waals surface area contributed by atoms with Gasteiger partial charge in [-0.05, 0) is 40.8 Å². The van der Waals surface area contributed by atoms with Gasteiger partial charge in [-0.15, -0.1) is 0 Å². The average molecular weight is 378 g/mol. The smallest absolute Gasteiger partial charge is 0.338 e. The standard InChI is InChI=1S/C21H14O7/c1-23-19-12-5-13-14(7-24-21(13)22)18(11(12)6-17-20(19)28-9-27-17)10-2-3-15-16(4-10)26-8-25-15/h2-6H,7-9H2,1H3. The molecule has 0 aliphatic carbocycles. The van der Waals surface area contributed by atoms with E-state index >= 15 is 0 Å². The second-order valence-electron chi connectivity index (χ2n) is 6.66. The molecule has 3 aliphatic rings. The van der Waals surface area contributed by atoms with Crippen LogP contribution in [0.15, 0.2) is 30.3 Å². The normalized spacial score (nSPS) is 15.7. The third-order valence-corrected chi connectivity index (χ3v) is 5.28. The molecule has 3 aromatic rings. The molecule has 3 aliphatic heterocycles. The summed E-state index contributed by atoms with van der Waals surface area (Å²) in [5.41, 5.74) is 3.13. The number of benzene rings is 3. The van der Waals surface area contributed by atoms with Crippen molar-refractivity contribution < 1.29 is 33.2 Å². The summed E-state index contributed by atoms with van der Waals surface area (Å²) in [5, 5.41) is 1.65. The van der Waals surface area contributed by atoms with Gasteiger partial charge in [0, 0.05) is 10.9 Å². The molecule has 0 amide bonds. The van der Waals surface area contributed by atoms with Crippen LogP contribution in [-0.2, 0) is 11.3 Å². The molecule has 3 aromatic carbocycles. The molecule has 0 aromatic heterocycles. The van der Waals surface area contributed by atoms with Crippen molar-refractivity contribution in [2.45, 2.75) is 6.61 Å². The van der Waals surface area contributed by atoms with Crippen LogP contribution in [0.5, 0.6) is 28.7 Å². The van der Waals surface area contributed by atoms with E-state index in [1.807, 2.05) is 24.3 Å². The first-order valence-electron chi connectivity index (χ1n) is 8.78. The highest BCUT2D eigenvalue weighted by Gasteiger charge is 2.31. The second-order valence-corrected chi connectivity index (χ2v) is 6.66. The summed E-state index contributed by atoms with van der Waals surface area (Å²) in [6.07, 6.45) is 0. The first kappa shape index (κ1) is 15.4. The van der Waals surface area contributed by atoms with Gasteiger partial charge in [0.05, 0.1) is 12.7 Å². The third-order valence-electron chi connectivity index (χ3n) is 5.28. The molecule has 0 fully saturated rings. The number of methoxy groups -OCH3 is 1. The highest BCUT2D eigenvalue weighted by Crippen LogP contribution is 2.51. The summed E-state index contributed by atoms with van der Waals surface area (Å²) in [7, 11) is 1.57. The van der Waals surface area contributed by atoms with Crippen molar-refractivity contribution in [3.05, 3.63) is 41.5 Å². The third kappa shape index (κ3) is 1.95. The average Bonchev–Trinajstić information content (AvgIpc) is 3.44. The first-order valence-corrected chi connectivity index (χ1v) is 8.78. The maximum Gasteiger partial charge on any atom is 0.338 e. The van der Waals surface area contributed by atoms with Gasteiger partial charge in [-0.1, -0.05) is 6.07 Å². The van der Waals surface area contributed by atoms with Crippen LogP contribution < -0.4 is 23.7 Å². The van der Waals surface area contributed by atoms with Crippen LogP contribution in [0.3, 0.4) is 0 Å². The van der Waals surface area contributed by atoms with Gasteiger partial charge in [0.15, 0.2) is 23.0 Å². The number of fused-ring (bicyclic) bond motifs is 4. The Morgan fingerprint density at radius 2 is 1.68 bits per heavy atom. The van der Waals surface area contributed by atoms with Crippen LogP contribution in [0, 0.1) is 0 Å². The van der Waals surface area contributed by atoms with Crippen molar-refractivity contribution in [3.8, 4) is 39.9 Å². The van der Waals surface area contributed by atoms with Gasteiger partial charge in [0.1, 0.15) is 6.61 Å². The zero-order valence-corrected chi connectivity index (χ0v) is 14.9. The fraction of sp³-hybridized carbons (Fsp3) is 0.190. The van der Waals surface area contributed by atoms with Crippen LogP contribution in [-0.4, -0.2) is 26.7 Å². The Kier molecular flexibility index (Phi) is 3.01. The van der Waals surface area contributed by atoms with Crippen LogP contribution in [0.2, 0.25) is 0 Å². The lowest BCUT2D eigenvalue weighted by Crippen LogP contribution is -1.98. The molecule has 0 unspecified atom stereocenters. The SMILES string of the molecule is COc1c2c(cc3c(-c4ccc5c(c4)OCO5)c4c(cc13)C(=O)OC4)OCO2. The Labute approximate surface area is 159 Å². The van der Waals surface area contributed by atoms with E-state index in [0.717, 1.165) is 27.5 Å². The quantitative estimate of drug-likeness (QED) is 0.631. The summed E-state index contributed by atoms with van der Waals surface area (Å²) in [6.45, 7) is 0.536. The number of ether oxygens (including phenoxy) is 6. The molecule has 6 rings (SSSR count). The molecule has 7 heteroatoms. The van der Waals surface area contributed by atoms with E-state index in [2.05, 4.69) is 0 Å². The van der Waals surface area contributed by atoms with Gasteiger partial charge >= 0.3 is 5.97 Å². The number of rotatable bonds is 2. The van der Waals surface area contributed by atoms with E-state index in [-0.39, 0.29) is 26.2 Å². The van der Waals surface area contributed by atoms with Crippen molar-refractivity contribution in [2.24, 2.45) is 0 Å². The van der Waals surface area contributed by atoms with E-state index in [1.54, 1.807) is 13.2 Å². The summed E-state index contributed by atoms with van der Waals surface area (Å²) in [4.78, 5) is 12.3. The number of carbonyl (C=O) groups is 1. The molecule has 0 saturated heterocycles. The fourth-order valence-corrected chi connectivity index (χ4v) is 4.04. The lowest BCUT2D eigenvalue weighted by atomic mass is 9.90. The maximum absolute atomic E-state index is 12.3. The number of hydrogen-bond donors (Lipinski definition) is 0. The number of esters is 1. The molecule has 0 saturated carbocycles. The topological polar surface area (TPSA) is 72.5 Å². The van der Waals surface area contributed by atoms with Gasteiger partial charge in [-0.2, -0.15) is 0 Å². The number of cyclic esters (lactones) is 1. The van der Waals surface area contributed by atoms with Crippen molar-refractivity contribution in [2.75, 3.05) is 20.7 Å². The van der Waals surface area contributed by atoms with Crippen LogP contribution >= 0.6 is 0 Å². The highest BCUT2D eigenvalue weighted by atomic mass is 16.7. The number of hydrogen-bond acceptors (Lipinski definition) is 7. The zero-order valence-electron chi connectivity index (χ0n) is 14.9. The molecule has 28 heavy (non-hydrogen) atoms. The van der Waals surface area contributed by atoms with E-state index in [1.165, 1.54) is 0 Å². The highest BCUT2D eigenvalue weighted by molar-refractivity contribution is 6.10. The van der Waals surface area contributed by atoms with E-state index in [9.17, 15) is 4.79 Å². The van der Waals surface area contributed by atoms with E-state index in [0.29, 0.717) is 34.3 Å². The molecule has 140 valence electrons.